The van der Waals surface area contributed by atoms with E-state index in [0.29, 0.717) is 16.6 Å². The predicted molar refractivity (Wildman–Crippen MR) is 104 cm³/mol. The van der Waals surface area contributed by atoms with E-state index in [2.05, 4.69) is 15.9 Å². The Labute approximate surface area is 167 Å². The maximum Gasteiger partial charge on any atom is 0.254 e. The molecular formula is C19H20BrFN2O3S. The summed E-state index contributed by atoms with van der Waals surface area (Å²) in [5.41, 5.74) is 1.14. The lowest BCUT2D eigenvalue weighted by atomic mass is 10.1. The molecule has 1 aliphatic carbocycles. The van der Waals surface area contributed by atoms with Crippen molar-refractivity contribution in [1.29, 1.82) is 0 Å². The highest BCUT2D eigenvalue weighted by Crippen LogP contribution is 2.31. The molecule has 144 valence electrons. The zero-order chi connectivity index (χ0) is 19.8. The number of carbonyl (C=O) groups excluding carboxylic acids is 1. The van der Waals surface area contributed by atoms with Crippen LogP contribution in [0.25, 0.3) is 0 Å². The molecule has 27 heavy (non-hydrogen) atoms. The van der Waals surface area contributed by atoms with E-state index in [-0.39, 0.29) is 22.7 Å². The fraction of sp³-hybridized carbons (Fsp3) is 0.316. The van der Waals surface area contributed by atoms with Crippen LogP contribution in [0.3, 0.4) is 0 Å². The number of carbonyl (C=O) groups is 1. The quantitative estimate of drug-likeness (QED) is 0.669. The van der Waals surface area contributed by atoms with Gasteiger partial charge in [0.2, 0.25) is 10.0 Å². The first-order chi connectivity index (χ1) is 12.7. The van der Waals surface area contributed by atoms with Crippen LogP contribution in [-0.2, 0) is 16.6 Å². The van der Waals surface area contributed by atoms with Crippen molar-refractivity contribution >= 4 is 31.9 Å². The van der Waals surface area contributed by atoms with Crippen molar-refractivity contribution in [2.24, 2.45) is 0 Å². The van der Waals surface area contributed by atoms with Gasteiger partial charge in [0.25, 0.3) is 5.91 Å². The van der Waals surface area contributed by atoms with Gasteiger partial charge < -0.3 is 4.90 Å². The summed E-state index contributed by atoms with van der Waals surface area (Å²) in [7, 11) is -0.792. The minimum atomic E-state index is -3.68. The van der Waals surface area contributed by atoms with Gasteiger partial charge in [-0.05, 0) is 64.7 Å². The average Bonchev–Trinajstić information content (AvgIpc) is 3.45. The molecule has 1 fully saturated rings. The van der Waals surface area contributed by atoms with Crippen molar-refractivity contribution in [1.82, 2.24) is 9.21 Å². The Morgan fingerprint density at radius 3 is 2.33 bits per heavy atom. The third-order valence-electron chi connectivity index (χ3n) is 4.45. The first kappa shape index (κ1) is 20.0. The number of halogens is 2. The largest absolute Gasteiger partial charge is 0.331 e. The van der Waals surface area contributed by atoms with Crippen molar-refractivity contribution in [3.8, 4) is 0 Å². The molecule has 2 aromatic rings. The lowest BCUT2D eigenvalue weighted by Crippen LogP contribution is -2.33. The number of hydrogen-bond donors (Lipinski definition) is 0. The molecule has 8 heteroatoms. The van der Waals surface area contributed by atoms with Gasteiger partial charge >= 0.3 is 0 Å². The zero-order valence-electron chi connectivity index (χ0n) is 15.0. The Hall–Kier alpha value is -1.77. The van der Waals surface area contributed by atoms with Gasteiger partial charge in [0.05, 0.1) is 4.90 Å². The van der Waals surface area contributed by atoms with Gasteiger partial charge in [0.1, 0.15) is 5.82 Å². The van der Waals surface area contributed by atoms with Gasteiger partial charge in [-0.1, -0.05) is 12.1 Å². The maximum absolute atomic E-state index is 13.1. The van der Waals surface area contributed by atoms with E-state index in [1.54, 1.807) is 29.2 Å². The molecule has 0 saturated heterocycles. The van der Waals surface area contributed by atoms with Gasteiger partial charge in [-0.15, -0.1) is 0 Å². The molecule has 0 unspecified atom stereocenters. The third kappa shape index (κ3) is 4.39. The van der Waals surface area contributed by atoms with E-state index in [1.165, 1.54) is 32.3 Å². The molecule has 3 rings (SSSR count). The molecule has 0 atom stereocenters. The highest BCUT2D eigenvalue weighted by Gasteiger charge is 2.34. The number of hydrogen-bond acceptors (Lipinski definition) is 3. The van der Waals surface area contributed by atoms with Gasteiger partial charge in [-0.2, -0.15) is 0 Å². The van der Waals surface area contributed by atoms with Crippen LogP contribution in [0.4, 0.5) is 4.39 Å². The minimum absolute atomic E-state index is 0.0517. The average molecular weight is 455 g/mol. The molecule has 1 aliphatic rings. The molecule has 0 bridgehead atoms. The Bertz CT molecular complexity index is 957. The number of benzene rings is 2. The van der Waals surface area contributed by atoms with Gasteiger partial charge in [-0.3, -0.25) is 4.79 Å². The van der Waals surface area contributed by atoms with Crippen LogP contribution in [0.15, 0.2) is 51.8 Å². The summed E-state index contributed by atoms with van der Waals surface area (Å²) in [4.78, 5) is 14.9. The zero-order valence-corrected chi connectivity index (χ0v) is 17.4. The number of rotatable bonds is 6. The minimum Gasteiger partial charge on any atom is -0.331 e. The van der Waals surface area contributed by atoms with E-state index >= 15 is 0 Å². The SMILES string of the molecule is CN(C)S(=O)(=O)c1cc(C(=O)N(Cc2ccc(F)cc2)C2CC2)ccc1Br. The number of nitrogens with zero attached hydrogens (tertiary/aromatic N) is 2. The van der Waals surface area contributed by atoms with E-state index in [4.69, 9.17) is 0 Å². The van der Waals surface area contributed by atoms with Crippen molar-refractivity contribution in [2.75, 3.05) is 14.1 Å². The summed E-state index contributed by atoms with van der Waals surface area (Å²) in [6.45, 7) is 0.357. The normalized spacial score (nSPS) is 14.4. The van der Waals surface area contributed by atoms with Crippen LogP contribution >= 0.6 is 15.9 Å². The summed E-state index contributed by atoms with van der Waals surface area (Å²) < 4.78 is 39.7. The third-order valence-corrected chi connectivity index (χ3v) is 7.26. The molecule has 1 amide bonds. The van der Waals surface area contributed by atoms with Crippen molar-refractivity contribution < 1.29 is 17.6 Å². The smallest absolute Gasteiger partial charge is 0.254 e. The molecule has 0 spiro atoms. The molecule has 0 aromatic heterocycles. The summed E-state index contributed by atoms with van der Waals surface area (Å²) >= 11 is 3.26. The van der Waals surface area contributed by atoms with Crippen molar-refractivity contribution in [2.45, 2.75) is 30.3 Å². The summed E-state index contributed by atoms with van der Waals surface area (Å²) in [6.07, 6.45) is 1.82. The maximum atomic E-state index is 13.1. The second-order valence-corrected chi connectivity index (χ2v) is 9.70. The van der Waals surface area contributed by atoms with E-state index in [0.717, 1.165) is 22.7 Å². The summed E-state index contributed by atoms with van der Waals surface area (Å²) in [5, 5.41) is 0. The Kier molecular flexibility index (Phi) is 5.69. The lowest BCUT2D eigenvalue weighted by Gasteiger charge is -2.23. The Balaban J connectivity index is 1.92. The van der Waals surface area contributed by atoms with Crippen LogP contribution in [-0.4, -0.2) is 43.7 Å². The van der Waals surface area contributed by atoms with E-state index in [9.17, 15) is 17.6 Å². The fourth-order valence-corrected chi connectivity index (χ4v) is 4.58. The fourth-order valence-electron chi connectivity index (χ4n) is 2.74. The van der Waals surface area contributed by atoms with Gasteiger partial charge in [0.15, 0.2) is 0 Å². The molecule has 1 saturated carbocycles. The van der Waals surface area contributed by atoms with Crippen LogP contribution in [0.5, 0.6) is 0 Å². The molecule has 5 nitrogen and oxygen atoms in total. The molecular weight excluding hydrogens is 435 g/mol. The first-order valence-electron chi connectivity index (χ1n) is 8.47. The topological polar surface area (TPSA) is 57.7 Å². The number of amides is 1. The van der Waals surface area contributed by atoms with Crippen LogP contribution < -0.4 is 0 Å². The summed E-state index contributed by atoms with van der Waals surface area (Å²) in [6, 6.07) is 10.8. The second-order valence-electron chi connectivity index (χ2n) is 6.72. The van der Waals surface area contributed by atoms with Crippen LogP contribution in [0.2, 0.25) is 0 Å². The number of sulfonamides is 1. The highest BCUT2D eigenvalue weighted by molar-refractivity contribution is 9.10. The molecule has 0 N–H and O–H groups in total. The van der Waals surface area contributed by atoms with Crippen LogP contribution in [0, 0.1) is 5.82 Å². The standard InChI is InChI=1S/C19H20BrFN2O3S/c1-22(2)27(25,26)18-11-14(5-10-17(18)20)19(24)23(16-8-9-16)12-13-3-6-15(21)7-4-13/h3-7,10-11,16H,8-9,12H2,1-2H3. The van der Waals surface area contributed by atoms with Gasteiger partial charge in [-0.25, -0.2) is 17.1 Å². The van der Waals surface area contributed by atoms with Crippen LogP contribution in [0.1, 0.15) is 28.8 Å². The summed E-state index contributed by atoms with van der Waals surface area (Å²) in [5.74, 6) is -0.556. The molecule has 2 aromatic carbocycles. The lowest BCUT2D eigenvalue weighted by molar-refractivity contribution is 0.0729. The Morgan fingerprint density at radius 2 is 1.78 bits per heavy atom. The monoisotopic (exact) mass is 454 g/mol. The molecule has 0 radical (unpaired) electrons. The van der Waals surface area contributed by atoms with E-state index < -0.39 is 10.0 Å². The van der Waals surface area contributed by atoms with Gasteiger partial charge in [0, 0.05) is 36.7 Å². The van der Waals surface area contributed by atoms with E-state index in [1.807, 2.05) is 0 Å². The van der Waals surface area contributed by atoms with Crippen molar-refractivity contribution in [3.05, 3.63) is 63.9 Å². The highest BCUT2D eigenvalue weighted by atomic mass is 79.9. The molecule has 0 aliphatic heterocycles. The first-order valence-corrected chi connectivity index (χ1v) is 10.7. The van der Waals surface area contributed by atoms with Crippen molar-refractivity contribution in [3.63, 3.8) is 0 Å². The second kappa shape index (κ2) is 7.69. The molecule has 0 heterocycles. The predicted octanol–water partition coefficient (Wildman–Crippen LogP) is 3.64. The Morgan fingerprint density at radius 1 is 1.15 bits per heavy atom.